The van der Waals surface area contributed by atoms with Gasteiger partial charge in [-0.1, -0.05) is 58.2 Å². The molecular weight excluding hydrogens is 647 g/mol. The molecule has 0 aromatic carbocycles. The van der Waals surface area contributed by atoms with Gasteiger partial charge in [0, 0.05) is 58.2 Å². The molecule has 3 aromatic rings. The highest BCUT2D eigenvalue weighted by molar-refractivity contribution is 6.76. The van der Waals surface area contributed by atoms with Gasteiger partial charge in [-0.2, -0.15) is 9.61 Å². The van der Waals surface area contributed by atoms with E-state index in [-0.39, 0.29) is 0 Å². The fourth-order valence-electron chi connectivity index (χ4n) is 7.11. The number of anilines is 1. The van der Waals surface area contributed by atoms with Gasteiger partial charge in [-0.05, 0) is 76.1 Å². The zero-order valence-electron chi connectivity index (χ0n) is 31.6. The van der Waals surface area contributed by atoms with Gasteiger partial charge in [0.1, 0.15) is 24.9 Å². The monoisotopic (exact) mass is 707 g/mol. The van der Waals surface area contributed by atoms with Crippen LogP contribution in [0.15, 0.2) is 30.8 Å². The Morgan fingerprint density at radius 2 is 1.57 bits per heavy atom. The minimum absolute atomic E-state index is 0.345. The highest BCUT2D eigenvalue weighted by Crippen LogP contribution is 2.49. The Labute approximate surface area is 296 Å². The zero-order valence-corrected chi connectivity index (χ0v) is 33.6. The predicted octanol–water partition coefficient (Wildman–Crippen LogP) is 8.75. The van der Waals surface area contributed by atoms with Crippen LogP contribution in [0.2, 0.25) is 51.4 Å². The summed E-state index contributed by atoms with van der Waals surface area (Å²) >= 11 is 0. The van der Waals surface area contributed by atoms with E-state index >= 15 is 0 Å². The van der Waals surface area contributed by atoms with E-state index in [4.69, 9.17) is 24.3 Å². The Hall–Kier alpha value is -2.58. The molecule has 2 saturated carbocycles. The summed E-state index contributed by atoms with van der Waals surface area (Å²) in [5.74, 6) is 2.77. The fourth-order valence-corrected chi connectivity index (χ4v) is 8.62. The van der Waals surface area contributed by atoms with Crippen molar-refractivity contribution in [3.63, 3.8) is 0 Å². The number of nitrogens with zero attached hydrogens (tertiary/aromatic N) is 5. The maximum atomic E-state index is 10.6. The van der Waals surface area contributed by atoms with E-state index in [1.165, 1.54) is 19.3 Å². The molecule has 3 heterocycles. The Bertz CT molecular complexity index is 1520. The summed E-state index contributed by atoms with van der Waals surface area (Å²) in [6.45, 7) is 22.6. The fraction of sp³-hybridized carbons (Fsp3) is 0.658. The summed E-state index contributed by atoms with van der Waals surface area (Å²) in [5, 5.41) is 15.6. The van der Waals surface area contributed by atoms with E-state index in [0.29, 0.717) is 44.9 Å². The van der Waals surface area contributed by atoms with E-state index < -0.39 is 21.7 Å². The smallest absolute Gasteiger partial charge is 0.165 e. The van der Waals surface area contributed by atoms with Crippen molar-refractivity contribution in [1.82, 2.24) is 19.6 Å². The van der Waals surface area contributed by atoms with Crippen LogP contribution in [0, 0.1) is 11.8 Å². The number of hydrogen-bond acceptors (Lipinski definition) is 8. The van der Waals surface area contributed by atoms with Crippen LogP contribution in [-0.4, -0.2) is 74.1 Å². The van der Waals surface area contributed by atoms with Gasteiger partial charge >= 0.3 is 0 Å². The van der Waals surface area contributed by atoms with Gasteiger partial charge in [0.15, 0.2) is 5.65 Å². The molecule has 0 unspecified atom stereocenters. The van der Waals surface area contributed by atoms with E-state index in [1.54, 1.807) is 13.8 Å². The Kier molecular flexibility index (Phi) is 12.1. The van der Waals surface area contributed by atoms with Crippen molar-refractivity contribution in [3.8, 4) is 11.1 Å². The number of ether oxygens (including phenoxy) is 3. The van der Waals surface area contributed by atoms with E-state index in [0.717, 1.165) is 70.6 Å². The highest BCUT2D eigenvalue weighted by Gasteiger charge is 2.37. The molecule has 0 saturated heterocycles. The van der Waals surface area contributed by atoms with Crippen LogP contribution >= 0.6 is 0 Å². The lowest BCUT2D eigenvalue weighted by molar-refractivity contribution is 0.0739. The van der Waals surface area contributed by atoms with Crippen molar-refractivity contribution < 1.29 is 19.3 Å². The van der Waals surface area contributed by atoms with Crippen LogP contribution in [0.3, 0.4) is 0 Å². The molecular formula is C38H61N5O4Si2. The lowest BCUT2D eigenvalue weighted by Gasteiger charge is -2.32. The van der Waals surface area contributed by atoms with Crippen molar-refractivity contribution in [3.05, 3.63) is 47.7 Å². The largest absolute Gasteiger partial charge is 0.501 e. The van der Waals surface area contributed by atoms with Crippen LogP contribution in [0.25, 0.3) is 22.9 Å². The number of hydrogen-bond donors (Lipinski definition) is 1. The molecule has 5 rings (SSSR count). The Morgan fingerprint density at radius 1 is 0.939 bits per heavy atom. The third-order valence-corrected chi connectivity index (χ3v) is 13.4. The first-order valence-electron chi connectivity index (χ1n) is 18.4. The van der Waals surface area contributed by atoms with Gasteiger partial charge < -0.3 is 24.2 Å². The molecule has 2 fully saturated rings. The summed E-state index contributed by atoms with van der Waals surface area (Å²) in [6, 6.07) is 6.09. The maximum Gasteiger partial charge on any atom is 0.165 e. The molecule has 9 nitrogen and oxygen atoms in total. The second kappa shape index (κ2) is 15.8. The summed E-state index contributed by atoms with van der Waals surface area (Å²) in [7, 11) is -2.55. The molecule has 270 valence electrons. The van der Waals surface area contributed by atoms with Gasteiger partial charge in [-0.25, -0.2) is 4.98 Å². The average molecular weight is 708 g/mol. The van der Waals surface area contributed by atoms with Gasteiger partial charge in [-0.15, -0.1) is 0 Å². The van der Waals surface area contributed by atoms with E-state index in [9.17, 15) is 5.11 Å². The molecule has 3 atom stereocenters. The van der Waals surface area contributed by atoms with Gasteiger partial charge in [0.25, 0.3) is 0 Å². The average Bonchev–Trinajstić information content (AvgIpc) is 3.60. The molecule has 49 heavy (non-hydrogen) atoms. The molecule has 0 spiro atoms. The molecule has 11 heteroatoms. The van der Waals surface area contributed by atoms with Crippen LogP contribution in [-0.2, 0) is 19.8 Å². The number of rotatable bonds is 17. The molecule has 0 aliphatic heterocycles. The molecule has 3 aromatic heterocycles. The highest BCUT2D eigenvalue weighted by atomic mass is 28.3. The van der Waals surface area contributed by atoms with Crippen molar-refractivity contribution >= 4 is 33.7 Å². The standard InChI is InChI=1S/C38H61N5O4Si2/c1-10-45-16-15-32-35(31-22-28-11-12-29(21-28)23-31)41-36-33(30-13-14-34(39-24-30)38(2,3)44)25-40-43(36)37(32)42(26-46-17-19-48(4,5)6)27-47-18-20-49(7,8)9/h13-16,24-25,28-29,31,44H,10-12,17-23,26-27H2,1-9H3/b16-15-/t28-,29+,31+. The first-order chi connectivity index (χ1) is 23.1. The molecule has 2 aliphatic rings. The number of aromatic nitrogens is 4. The van der Waals surface area contributed by atoms with Crippen molar-refractivity contribution in [2.45, 2.75) is 116 Å². The van der Waals surface area contributed by atoms with Crippen molar-refractivity contribution in [2.75, 3.05) is 38.2 Å². The molecule has 0 amide bonds. The quantitative estimate of drug-likeness (QED) is 0.0645. The van der Waals surface area contributed by atoms with E-state index in [2.05, 4.69) is 55.2 Å². The molecule has 0 radical (unpaired) electrons. The maximum absolute atomic E-state index is 10.6. The van der Waals surface area contributed by atoms with E-state index in [1.807, 2.05) is 42.2 Å². The van der Waals surface area contributed by atoms with Crippen molar-refractivity contribution in [1.29, 1.82) is 0 Å². The molecule has 1 N–H and O–H groups in total. The summed E-state index contributed by atoms with van der Waals surface area (Å²) in [6.07, 6.45) is 13.9. The first-order valence-corrected chi connectivity index (χ1v) is 25.8. The van der Waals surface area contributed by atoms with Gasteiger partial charge in [-0.3, -0.25) is 4.98 Å². The van der Waals surface area contributed by atoms with Crippen LogP contribution in [0.1, 0.15) is 75.7 Å². The number of aliphatic hydroxyl groups is 1. The lowest BCUT2D eigenvalue weighted by atomic mass is 9.78. The van der Waals surface area contributed by atoms with Gasteiger partial charge in [0.05, 0.1) is 30.5 Å². The first kappa shape index (κ1) is 37.7. The van der Waals surface area contributed by atoms with Crippen LogP contribution in [0.4, 0.5) is 5.82 Å². The Balaban J connectivity index is 1.65. The third-order valence-electron chi connectivity index (χ3n) is 9.95. The number of fused-ring (bicyclic) bond motifs is 3. The minimum atomic E-state index is -1.27. The topological polar surface area (TPSA) is 94.2 Å². The molecule has 2 bridgehead atoms. The molecule has 2 aliphatic carbocycles. The van der Waals surface area contributed by atoms with Crippen LogP contribution in [0.5, 0.6) is 0 Å². The second-order valence-electron chi connectivity index (χ2n) is 17.2. The summed E-state index contributed by atoms with van der Waals surface area (Å²) in [5.41, 5.74) is 4.36. The van der Waals surface area contributed by atoms with Crippen molar-refractivity contribution in [2.24, 2.45) is 11.8 Å². The second-order valence-corrected chi connectivity index (χ2v) is 28.5. The summed E-state index contributed by atoms with van der Waals surface area (Å²) in [4.78, 5) is 12.3. The SMILES string of the molecule is CCO/C=C\c1c([C@H]2C[C@@H]3CC[C@@H](C3)C2)nc2c(-c3ccc(C(C)(C)O)nc3)cnn2c1N(COCC[Si](C)(C)C)COCC[Si](C)(C)C. The summed E-state index contributed by atoms with van der Waals surface area (Å²) < 4.78 is 20.7. The predicted molar refractivity (Wildman–Crippen MR) is 205 cm³/mol. The number of pyridine rings is 1. The lowest BCUT2D eigenvalue weighted by Crippen LogP contribution is -2.34. The Morgan fingerprint density at radius 3 is 2.10 bits per heavy atom. The zero-order chi connectivity index (χ0) is 35.4. The third kappa shape index (κ3) is 10.0. The minimum Gasteiger partial charge on any atom is -0.501 e. The van der Waals surface area contributed by atoms with Crippen LogP contribution < -0.4 is 4.90 Å². The van der Waals surface area contributed by atoms with Gasteiger partial charge in [0.2, 0.25) is 0 Å². The normalized spacial score (nSPS) is 20.1.